The fourth-order valence-corrected chi connectivity index (χ4v) is 3.55. The van der Waals surface area contributed by atoms with Crippen LogP contribution >= 0.6 is 11.6 Å². The number of imidazole rings is 1. The van der Waals surface area contributed by atoms with Crippen molar-refractivity contribution in [2.24, 2.45) is 0 Å². The summed E-state index contributed by atoms with van der Waals surface area (Å²) < 4.78 is 12.9. The Morgan fingerprint density at radius 1 is 1.25 bits per heavy atom. The van der Waals surface area contributed by atoms with Crippen LogP contribution in [0.3, 0.4) is 0 Å². The maximum Gasteiger partial charge on any atom is 0.253 e. The van der Waals surface area contributed by atoms with Crippen LogP contribution in [0.15, 0.2) is 59.9 Å². The molecule has 2 N–H and O–H groups in total. The van der Waals surface area contributed by atoms with Gasteiger partial charge in [0.1, 0.15) is 29.2 Å². The number of halogens is 1. The highest BCUT2D eigenvalue weighted by atomic mass is 35.5. The lowest BCUT2D eigenvalue weighted by Crippen LogP contribution is -2.16. The van der Waals surface area contributed by atoms with Gasteiger partial charge in [-0.25, -0.2) is 4.98 Å². The average molecular weight is 450 g/mol. The van der Waals surface area contributed by atoms with Gasteiger partial charge in [0, 0.05) is 41.6 Å². The SMILES string of the molecule is COc1cc(NCc2cc3ccc(OCCn4ccnc4)c(Cl)c3[nH]c2=O)ccc1C#N. The topological polar surface area (TPSA) is 105 Å². The first-order valence-corrected chi connectivity index (χ1v) is 10.2. The average Bonchev–Trinajstić information content (AvgIpc) is 3.33. The minimum absolute atomic E-state index is 0.247. The van der Waals surface area contributed by atoms with E-state index in [1.807, 2.05) is 16.8 Å². The zero-order valence-corrected chi connectivity index (χ0v) is 18.0. The summed E-state index contributed by atoms with van der Waals surface area (Å²) in [5.41, 5.74) is 2.01. The summed E-state index contributed by atoms with van der Waals surface area (Å²) in [6.07, 6.45) is 5.27. The van der Waals surface area contributed by atoms with Crippen molar-refractivity contribution in [3.8, 4) is 17.6 Å². The minimum Gasteiger partial charge on any atom is -0.495 e. The number of benzene rings is 2. The molecule has 0 spiro atoms. The number of methoxy groups -OCH3 is 1. The molecule has 8 nitrogen and oxygen atoms in total. The number of H-pyrrole nitrogens is 1. The van der Waals surface area contributed by atoms with Gasteiger partial charge in [0.15, 0.2) is 0 Å². The summed E-state index contributed by atoms with van der Waals surface area (Å²) in [6, 6.07) is 12.7. The monoisotopic (exact) mass is 449 g/mol. The standard InChI is InChI=1S/C23H20ClN5O3/c1-31-20-11-18(4-2-16(20)12-25)27-13-17-10-15-3-5-19(21(24)22(15)28-23(17)30)32-9-8-29-7-6-26-14-29/h2-7,10-11,14,27H,8-9,13H2,1H3,(H,28,30). The number of nitriles is 1. The molecular weight excluding hydrogens is 430 g/mol. The number of hydrogen-bond donors (Lipinski definition) is 2. The molecular formula is C23H20ClN5O3. The number of ether oxygens (including phenoxy) is 2. The van der Waals surface area contributed by atoms with Crippen molar-refractivity contribution in [2.75, 3.05) is 19.0 Å². The lowest BCUT2D eigenvalue weighted by Gasteiger charge is -2.12. The Bertz CT molecular complexity index is 1340. The van der Waals surface area contributed by atoms with Crippen LogP contribution < -0.4 is 20.3 Å². The van der Waals surface area contributed by atoms with Crippen LogP contribution in [0.25, 0.3) is 10.9 Å². The molecule has 4 aromatic rings. The van der Waals surface area contributed by atoms with E-state index in [2.05, 4.69) is 21.4 Å². The molecule has 0 saturated carbocycles. The molecule has 0 aliphatic heterocycles. The molecule has 9 heteroatoms. The van der Waals surface area contributed by atoms with Crippen molar-refractivity contribution in [2.45, 2.75) is 13.1 Å². The van der Waals surface area contributed by atoms with Gasteiger partial charge in [-0.15, -0.1) is 0 Å². The maximum atomic E-state index is 12.6. The second kappa shape index (κ2) is 9.45. The minimum atomic E-state index is -0.247. The van der Waals surface area contributed by atoms with Crippen LogP contribution in [0.1, 0.15) is 11.1 Å². The Labute approximate surface area is 189 Å². The Morgan fingerprint density at radius 2 is 2.12 bits per heavy atom. The van der Waals surface area contributed by atoms with E-state index in [-0.39, 0.29) is 5.56 Å². The van der Waals surface area contributed by atoms with Gasteiger partial charge in [0.25, 0.3) is 5.56 Å². The van der Waals surface area contributed by atoms with E-state index >= 15 is 0 Å². The number of fused-ring (bicyclic) bond motifs is 1. The van der Waals surface area contributed by atoms with E-state index < -0.39 is 0 Å². The zero-order valence-electron chi connectivity index (χ0n) is 17.3. The van der Waals surface area contributed by atoms with E-state index in [4.69, 9.17) is 26.3 Å². The molecule has 0 aliphatic carbocycles. The van der Waals surface area contributed by atoms with Gasteiger partial charge in [0.2, 0.25) is 0 Å². The van der Waals surface area contributed by atoms with Gasteiger partial charge in [-0.05, 0) is 30.3 Å². The predicted molar refractivity (Wildman–Crippen MR) is 122 cm³/mol. The molecule has 0 amide bonds. The largest absolute Gasteiger partial charge is 0.495 e. The fraction of sp³-hybridized carbons (Fsp3) is 0.174. The van der Waals surface area contributed by atoms with Crippen molar-refractivity contribution in [1.29, 1.82) is 5.26 Å². The molecule has 0 aliphatic rings. The second-order valence-corrected chi connectivity index (χ2v) is 7.37. The molecule has 0 bridgehead atoms. The summed E-state index contributed by atoms with van der Waals surface area (Å²) in [6.45, 7) is 1.35. The molecule has 0 radical (unpaired) electrons. The van der Waals surface area contributed by atoms with E-state index in [9.17, 15) is 4.79 Å². The molecule has 2 heterocycles. The third-order valence-corrected chi connectivity index (χ3v) is 5.35. The first kappa shape index (κ1) is 21.3. The van der Waals surface area contributed by atoms with Crippen molar-refractivity contribution >= 4 is 28.2 Å². The van der Waals surface area contributed by atoms with Gasteiger partial charge < -0.3 is 24.3 Å². The second-order valence-electron chi connectivity index (χ2n) is 6.99. The summed E-state index contributed by atoms with van der Waals surface area (Å²) in [5, 5.41) is 13.4. The van der Waals surface area contributed by atoms with Crippen molar-refractivity contribution in [1.82, 2.24) is 14.5 Å². The van der Waals surface area contributed by atoms with Crippen LogP contribution in [0.5, 0.6) is 11.5 Å². The summed E-state index contributed by atoms with van der Waals surface area (Å²) in [4.78, 5) is 19.5. The smallest absolute Gasteiger partial charge is 0.253 e. The van der Waals surface area contributed by atoms with Crippen LogP contribution in [-0.2, 0) is 13.1 Å². The Hall–Kier alpha value is -3.96. The highest BCUT2D eigenvalue weighted by Crippen LogP contribution is 2.31. The zero-order chi connectivity index (χ0) is 22.5. The maximum absolute atomic E-state index is 12.6. The van der Waals surface area contributed by atoms with Gasteiger partial charge >= 0.3 is 0 Å². The highest BCUT2D eigenvalue weighted by Gasteiger charge is 2.11. The van der Waals surface area contributed by atoms with Crippen LogP contribution in [0.4, 0.5) is 5.69 Å². The quantitative estimate of drug-likeness (QED) is 0.422. The molecule has 0 saturated heterocycles. The van der Waals surface area contributed by atoms with Gasteiger partial charge in [-0.2, -0.15) is 5.26 Å². The van der Waals surface area contributed by atoms with Gasteiger partial charge in [0.05, 0.1) is 31.1 Å². The van der Waals surface area contributed by atoms with Crippen molar-refractivity contribution < 1.29 is 9.47 Å². The van der Waals surface area contributed by atoms with E-state index in [0.29, 0.717) is 52.9 Å². The number of hydrogen-bond acceptors (Lipinski definition) is 6. The molecule has 2 aromatic heterocycles. The Morgan fingerprint density at radius 3 is 2.88 bits per heavy atom. The normalized spacial score (nSPS) is 10.7. The number of aromatic amines is 1. The Balaban J connectivity index is 1.50. The van der Waals surface area contributed by atoms with Crippen LogP contribution in [0.2, 0.25) is 5.02 Å². The summed E-state index contributed by atoms with van der Waals surface area (Å²) in [7, 11) is 1.51. The predicted octanol–water partition coefficient (Wildman–Crippen LogP) is 3.95. The van der Waals surface area contributed by atoms with E-state index in [1.54, 1.807) is 42.9 Å². The summed E-state index contributed by atoms with van der Waals surface area (Å²) >= 11 is 6.49. The fourth-order valence-electron chi connectivity index (χ4n) is 3.28. The third kappa shape index (κ3) is 4.53. The third-order valence-electron chi connectivity index (χ3n) is 4.97. The lowest BCUT2D eigenvalue weighted by molar-refractivity contribution is 0.299. The number of rotatable bonds is 8. The first-order valence-electron chi connectivity index (χ1n) is 9.84. The molecule has 2 aromatic carbocycles. The Kier molecular flexibility index (Phi) is 6.29. The molecule has 0 atom stereocenters. The van der Waals surface area contributed by atoms with Crippen LogP contribution in [0, 0.1) is 11.3 Å². The lowest BCUT2D eigenvalue weighted by atomic mass is 10.1. The van der Waals surface area contributed by atoms with E-state index in [0.717, 1.165) is 11.1 Å². The van der Waals surface area contributed by atoms with Crippen molar-refractivity contribution in [3.05, 3.63) is 81.6 Å². The number of pyridine rings is 1. The van der Waals surface area contributed by atoms with E-state index in [1.165, 1.54) is 7.11 Å². The van der Waals surface area contributed by atoms with Crippen molar-refractivity contribution in [3.63, 3.8) is 0 Å². The first-order chi connectivity index (χ1) is 15.6. The molecule has 4 rings (SSSR count). The number of nitrogens with zero attached hydrogens (tertiary/aromatic N) is 3. The summed E-state index contributed by atoms with van der Waals surface area (Å²) in [5.74, 6) is 0.975. The van der Waals surface area contributed by atoms with Gasteiger partial charge in [-0.1, -0.05) is 11.6 Å². The number of aromatic nitrogens is 3. The molecule has 0 unspecified atom stereocenters. The van der Waals surface area contributed by atoms with Crippen LogP contribution in [-0.4, -0.2) is 28.3 Å². The molecule has 32 heavy (non-hydrogen) atoms. The highest BCUT2D eigenvalue weighted by molar-refractivity contribution is 6.36. The number of nitrogens with one attached hydrogen (secondary N) is 2. The van der Waals surface area contributed by atoms with Gasteiger partial charge in [-0.3, -0.25) is 4.79 Å². The molecule has 0 fully saturated rings. The number of anilines is 1. The molecule has 162 valence electrons.